The maximum absolute atomic E-state index is 4.95. The zero-order chi connectivity index (χ0) is 9.36. The highest BCUT2D eigenvalue weighted by molar-refractivity contribution is 7.99. The van der Waals surface area contributed by atoms with Crippen LogP contribution in [-0.4, -0.2) is 50.9 Å². The van der Waals surface area contributed by atoms with Crippen molar-refractivity contribution in [3.05, 3.63) is 0 Å². The van der Waals surface area contributed by atoms with E-state index in [0.29, 0.717) is 6.04 Å². The molecule has 0 bridgehead atoms. The third-order valence-electron chi connectivity index (χ3n) is 2.15. The molecule has 0 aliphatic carbocycles. The molecule has 1 saturated heterocycles. The summed E-state index contributed by atoms with van der Waals surface area (Å²) in [4.78, 5) is 0. The molecule has 1 unspecified atom stereocenters. The van der Waals surface area contributed by atoms with Crippen molar-refractivity contribution in [3.8, 4) is 0 Å². The number of rotatable bonds is 6. The van der Waals surface area contributed by atoms with E-state index in [2.05, 4.69) is 22.4 Å². The molecule has 1 heterocycles. The highest BCUT2D eigenvalue weighted by atomic mass is 32.2. The van der Waals surface area contributed by atoms with E-state index in [-0.39, 0.29) is 0 Å². The van der Waals surface area contributed by atoms with Crippen LogP contribution >= 0.6 is 11.8 Å². The zero-order valence-electron chi connectivity index (χ0n) is 8.34. The fraction of sp³-hybridized carbons (Fsp3) is 1.00. The Morgan fingerprint density at radius 1 is 1.54 bits per heavy atom. The van der Waals surface area contributed by atoms with Crippen LogP contribution in [0.15, 0.2) is 0 Å². The van der Waals surface area contributed by atoms with Gasteiger partial charge in [0.1, 0.15) is 0 Å². The molecule has 0 saturated carbocycles. The normalized spacial score (nSPS) is 23.3. The number of hydrogen-bond donors (Lipinski definition) is 2. The lowest BCUT2D eigenvalue weighted by molar-refractivity contribution is 0.199. The summed E-state index contributed by atoms with van der Waals surface area (Å²) in [5.74, 6) is 2.54. The first-order chi connectivity index (χ1) is 6.43. The quantitative estimate of drug-likeness (QED) is 0.610. The average molecular weight is 204 g/mol. The molecule has 1 aliphatic rings. The van der Waals surface area contributed by atoms with Crippen LogP contribution in [0.1, 0.15) is 6.42 Å². The van der Waals surface area contributed by atoms with Gasteiger partial charge in [-0.25, -0.2) is 0 Å². The molecule has 0 aromatic carbocycles. The smallest absolute Gasteiger partial charge is 0.0587 e. The Morgan fingerprint density at radius 2 is 2.46 bits per heavy atom. The van der Waals surface area contributed by atoms with E-state index in [1.54, 1.807) is 7.11 Å². The van der Waals surface area contributed by atoms with E-state index in [1.165, 1.54) is 24.5 Å². The standard InChI is InChI=1S/C9H20N2OS/c1-12-6-4-10-3-2-9-8-13-7-5-11-9/h9-11H,2-8H2,1H3. The fourth-order valence-electron chi connectivity index (χ4n) is 1.38. The van der Waals surface area contributed by atoms with Crippen LogP contribution < -0.4 is 10.6 Å². The van der Waals surface area contributed by atoms with Crippen molar-refractivity contribution in [3.63, 3.8) is 0 Å². The molecule has 3 nitrogen and oxygen atoms in total. The van der Waals surface area contributed by atoms with Crippen molar-refractivity contribution in [1.29, 1.82) is 0 Å². The predicted molar refractivity (Wildman–Crippen MR) is 58.5 cm³/mol. The van der Waals surface area contributed by atoms with E-state index in [9.17, 15) is 0 Å². The third kappa shape index (κ3) is 5.52. The van der Waals surface area contributed by atoms with Crippen LogP contribution in [0.5, 0.6) is 0 Å². The minimum Gasteiger partial charge on any atom is -0.383 e. The Bertz CT molecular complexity index is 118. The second-order valence-electron chi connectivity index (χ2n) is 3.26. The Labute approximate surface area is 85.0 Å². The zero-order valence-corrected chi connectivity index (χ0v) is 9.16. The first kappa shape index (κ1) is 11.3. The lowest BCUT2D eigenvalue weighted by Gasteiger charge is -2.23. The number of ether oxygens (including phenoxy) is 1. The molecule has 4 heteroatoms. The van der Waals surface area contributed by atoms with Gasteiger partial charge in [-0.15, -0.1) is 0 Å². The molecule has 0 aromatic rings. The minimum atomic E-state index is 0.716. The van der Waals surface area contributed by atoms with E-state index < -0.39 is 0 Å². The van der Waals surface area contributed by atoms with Crippen LogP contribution in [-0.2, 0) is 4.74 Å². The number of thioether (sulfide) groups is 1. The fourth-order valence-corrected chi connectivity index (χ4v) is 2.38. The molecule has 1 rings (SSSR count). The lowest BCUT2D eigenvalue weighted by Crippen LogP contribution is -2.39. The summed E-state index contributed by atoms with van der Waals surface area (Å²) in [5.41, 5.74) is 0. The van der Waals surface area contributed by atoms with Gasteiger partial charge in [-0.1, -0.05) is 0 Å². The maximum Gasteiger partial charge on any atom is 0.0587 e. The highest BCUT2D eigenvalue weighted by Crippen LogP contribution is 2.09. The summed E-state index contributed by atoms with van der Waals surface area (Å²) in [6, 6.07) is 0.716. The molecule has 13 heavy (non-hydrogen) atoms. The third-order valence-corrected chi connectivity index (χ3v) is 3.28. The minimum absolute atomic E-state index is 0.716. The molecule has 2 N–H and O–H groups in total. The number of hydrogen-bond acceptors (Lipinski definition) is 4. The topological polar surface area (TPSA) is 33.3 Å². The van der Waals surface area contributed by atoms with Crippen molar-refractivity contribution >= 4 is 11.8 Å². The van der Waals surface area contributed by atoms with Gasteiger partial charge in [0.2, 0.25) is 0 Å². The van der Waals surface area contributed by atoms with Crippen LogP contribution in [0.4, 0.5) is 0 Å². The molecule has 0 amide bonds. The first-order valence-corrected chi connectivity index (χ1v) is 6.09. The maximum atomic E-state index is 4.95. The summed E-state index contributed by atoms with van der Waals surface area (Å²) in [6.07, 6.45) is 1.23. The van der Waals surface area contributed by atoms with Crippen molar-refractivity contribution in [2.45, 2.75) is 12.5 Å². The van der Waals surface area contributed by atoms with Gasteiger partial charge in [0.15, 0.2) is 0 Å². The van der Waals surface area contributed by atoms with Crippen molar-refractivity contribution in [2.75, 3.05) is 44.9 Å². The van der Waals surface area contributed by atoms with Crippen LogP contribution in [0.3, 0.4) is 0 Å². The highest BCUT2D eigenvalue weighted by Gasteiger charge is 2.11. The van der Waals surface area contributed by atoms with Crippen molar-refractivity contribution in [2.24, 2.45) is 0 Å². The summed E-state index contributed by atoms with van der Waals surface area (Å²) in [6.45, 7) is 4.05. The lowest BCUT2D eigenvalue weighted by atomic mass is 10.2. The van der Waals surface area contributed by atoms with Crippen LogP contribution in [0.2, 0.25) is 0 Å². The van der Waals surface area contributed by atoms with Crippen LogP contribution in [0.25, 0.3) is 0 Å². The summed E-state index contributed by atoms with van der Waals surface area (Å²) in [5, 5.41) is 6.88. The number of nitrogens with one attached hydrogen (secondary N) is 2. The van der Waals surface area contributed by atoms with Gasteiger partial charge in [-0.05, 0) is 13.0 Å². The van der Waals surface area contributed by atoms with Crippen molar-refractivity contribution < 1.29 is 4.74 Å². The molecule has 0 spiro atoms. The van der Waals surface area contributed by atoms with Gasteiger partial charge < -0.3 is 15.4 Å². The Balaban J connectivity index is 1.86. The molecule has 78 valence electrons. The van der Waals surface area contributed by atoms with E-state index in [1.807, 2.05) is 0 Å². The molecule has 0 radical (unpaired) electrons. The molecule has 0 aromatic heterocycles. The molecule has 1 aliphatic heterocycles. The van der Waals surface area contributed by atoms with Crippen LogP contribution in [0, 0.1) is 0 Å². The van der Waals surface area contributed by atoms with Gasteiger partial charge >= 0.3 is 0 Å². The van der Waals surface area contributed by atoms with E-state index in [0.717, 1.165) is 19.7 Å². The Morgan fingerprint density at radius 3 is 3.15 bits per heavy atom. The molecule has 1 fully saturated rings. The van der Waals surface area contributed by atoms with Gasteiger partial charge in [-0.3, -0.25) is 0 Å². The molecular formula is C9H20N2OS. The summed E-state index contributed by atoms with van der Waals surface area (Å²) < 4.78 is 4.95. The van der Waals surface area contributed by atoms with Gasteiger partial charge in [-0.2, -0.15) is 11.8 Å². The van der Waals surface area contributed by atoms with Gasteiger partial charge in [0.05, 0.1) is 6.61 Å². The predicted octanol–water partition coefficient (Wildman–Crippen LogP) is 0.317. The summed E-state index contributed by atoms with van der Waals surface area (Å²) >= 11 is 2.06. The Hall–Kier alpha value is 0.230. The number of methoxy groups -OCH3 is 1. The van der Waals surface area contributed by atoms with E-state index >= 15 is 0 Å². The molecule has 1 atom stereocenters. The average Bonchev–Trinajstić information content (AvgIpc) is 2.19. The largest absolute Gasteiger partial charge is 0.383 e. The van der Waals surface area contributed by atoms with Crippen molar-refractivity contribution in [1.82, 2.24) is 10.6 Å². The second kappa shape index (κ2) is 7.62. The molecular weight excluding hydrogens is 184 g/mol. The summed E-state index contributed by atoms with van der Waals surface area (Å²) in [7, 11) is 1.74. The monoisotopic (exact) mass is 204 g/mol. The second-order valence-corrected chi connectivity index (χ2v) is 4.41. The SMILES string of the molecule is COCCNCCC1CSCCN1. The van der Waals surface area contributed by atoms with E-state index in [4.69, 9.17) is 4.74 Å². The first-order valence-electron chi connectivity index (χ1n) is 4.94. The van der Waals surface area contributed by atoms with Gasteiger partial charge in [0.25, 0.3) is 0 Å². The van der Waals surface area contributed by atoms with Gasteiger partial charge in [0, 0.05) is 37.7 Å². The Kier molecular flexibility index (Phi) is 6.62.